The third kappa shape index (κ3) is 3.70. The summed E-state index contributed by atoms with van der Waals surface area (Å²) in [5, 5.41) is 15.1. The van der Waals surface area contributed by atoms with Gasteiger partial charge >= 0.3 is 18.4 Å². The van der Waals surface area contributed by atoms with Crippen molar-refractivity contribution in [3.8, 4) is 0 Å². The number of rotatable bonds is 4. The van der Waals surface area contributed by atoms with E-state index in [1.165, 1.54) is 0 Å². The molecule has 1 unspecified atom stereocenters. The van der Waals surface area contributed by atoms with E-state index in [1.807, 2.05) is 0 Å². The van der Waals surface area contributed by atoms with Crippen LogP contribution in [-0.2, 0) is 19.3 Å². The van der Waals surface area contributed by atoms with Crippen LogP contribution < -0.4 is 5.32 Å². The van der Waals surface area contributed by atoms with E-state index in [1.54, 1.807) is 0 Å². The fourth-order valence-electron chi connectivity index (χ4n) is 2.64. The van der Waals surface area contributed by atoms with Crippen molar-refractivity contribution >= 4 is 22.3 Å². The summed E-state index contributed by atoms with van der Waals surface area (Å²) in [5.41, 5.74) is -1.75. The highest BCUT2D eigenvalue weighted by atomic mass is 32.1. The van der Waals surface area contributed by atoms with Gasteiger partial charge in [-0.2, -0.15) is 31.4 Å². The molecule has 0 bridgehead atoms. The number of amides is 2. The van der Waals surface area contributed by atoms with E-state index in [0.717, 1.165) is 20.8 Å². The summed E-state index contributed by atoms with van der Waals surface area (Å²) in [6.07, 6.45) is -10.6. The number of urea groups is 1. The minimum absolute atomic E-state index is 0.114. The number of hydrogen-bond donors (Lipinski definition) is 2. The van der Waals surface area contributed by atoms with Crippen LogP contribution in [0.25, 0.3) is 4.96 Å². The molecular weight excluding hydrogens is 392 g/mol. The van der Waals surface area contributed by atoms with E-state index < -0.39 is 61.9 Å². The number of nitrogens with one attached hydrogen (secondary N) is 1. The highest BCUT2D eigenvalue weighted by Gasteiger charge is 2.42. The second kappa shape index (κ2) is 6.26. The number of aliphatic hydroxyl groups is 1. The molecule has 1 aliphatic heterocycles. The topological polar surface area (TPSA) is 82.8 Å². The lowest BCUT2D eigenvalue weighted by Gasteiger charge is -2.16. The molecule has 0 saturated carbocycles. The van der Waals surface area contributed by atoms with Crippen molar-refractivity contribution in [3.63, 3.8) is 0 Å². The molecule has 14 heteroatoms. The number of hydrogen-bond acceptors (Lipinski definition) is 5. The van der Waals surface area contributed by atoms with Crippen molar-refractivity contribution in [1.82, 2.24) is 24.8 Å². The van der Waals surface area contributed by atoms with E-state index in [0.29, 0.717) is 0 Å². The first-order valence-corrected chi connectivity index (χ1v) is 7.97. The van der Waals surface area contributed by atoms with Gasteiger partial charge in [-0.3, -0.25) is 0 Å². The van der Waals surface area contributed by atoms with Crippen molar-refractivity contribution in [2.45, 2.75) is 38.0 Å². The van der Waals surface area contributed by atoms with Crippen LogP contribution in [0.3, 0.4) is 0 Å². The maximum atomic E-state index is 13.2. The molecule has 0 radical (unpaired) electrons. The molecule has 2 aromatic rings. The van der Waals surface area contributed by atoms with Gasteiger partial charge in [-0.15, -0.1) is 0 Å². The molecule has 2 aromatic heterocycles. The van der Waals surface area contributed by atoms with Gasteiger partial charge < -0.3 is 15.3 Å². The van der Waals surface area contributed by atoms with Crippen molar-refractivity contribution in [3.05, 3.63) is 16.4 Å². The first-order chi connectivity index (χ1) is 12.0. The molecule has 144 valence electrons. The Kier molecular flexibility index (Phi) is 4.50. The van der Waals surface area contributed by atoms with Crippen molar-refractivity contribution in [2.24, 2.45) is 0 Å². The molecule has 26 heavy (non-hydrogen) atoms. The maximum absolute atomic E-state index is 13.2. The van der Waals surface area contributed by atoms with Gasteiger partial charge in [0.2, 0.25) is 4.96 Å². The first kappa shape index (κ1) is 18.7. The quantitative estimate of drug-likeness (QED) is 0.767. The summed E-state index contributed by atoms with van der Waals surface area (Å²) in [4.78, 5) is 16.0. The molecular formula is C12H11F6N5O2S. The van der Waals surface area contributed by atoms with Gasteiger partial charge in [0.25, 0.3) is 0 Å². The van der Waals surface area contributed by atoms with Crippen LogP contribution in [0.4, 0.5) is 31.1 Å². The molecule has 0 aromatic carbocycles. The van der Waals surface area contributed by atoms with Crippen LogP contribution >= 0.6 is 11.3 Å². The molecule has 1 aliphatic rings. The van der Waals surface area contributed by atoms with Gasteiger partial charge in [-0.25, -0.2) is 14.3 Å². The number of aliphatic hydroxyl groups excluding tert-OH is 1. The summed E-state index contributed by atoms with van der Waals surface area (Å²) in [7, 11) is 0. The predicted octanol–water partition coefficient (Wildman–Crippen LogP) is 2.15. The standard InChI is InChI=1S/C12H11F6N5O2S/c13-11(14,15)1-5-2-22(9(25)19-5)3-6-8(12(16,17)18)20-10-23(6)21-7(4-24)26-10/h5,24H,1-4H2,(H,19,25). The highest BCUT2D eigenvalue weighted by molar-refractivity contribution is 7.16. The zero-order chi connectivity index (χ0) is 19.3. The second-order valence-electron chi connectivity index (χ2n) is 5.60. The average molecular weight is 403 g/mol. The van der Waals surface area contributed by atoms with E-state index in [2.05, 4.69) is 15.4 Å². The Bertz CT molecular complexity index is 829. The highest BCUT2D eigenvalue weighted by Crippen LogP contribution is 2.34. The number of nitrogens with zero attached hydrogens (tertiary/aromatic N) is 4. The molecule has 1 fully saturated rings. The average Bonchev–Trinajstić information content (AvgIpc) is 3.11. The Hall–Kier alpha value is -2.09. The van der Waals surface area contributed by atoms with Crippen LogP contribution in [0.1, 0.15) is 22.8 Å². The van der Waals surface area contributed by atoms with Gasteiger partial charge in [0, 0.05) is 6.54 Å². The molecule has 3 heterocycles. The third-order valence-corrected chi connectivity index (χ3v) is 4.51. The van der Waals surface area contributed by atoms with Crippen molar-refractivity contribution < 1.29 is 36.2 Å². The lowest BCUT2D eigenvalue weighted by atomic mass is 10.2. The lowest BCUT2D eigenvalue weighted by molar-refractivity contribution is -0.141. The number of alkyl halides is 6. The van der Waals surface area contributed by atoms with Crippen LogP contribution in [0, 0.1) is 0 Å². The van der Waals surface area contributed by atoms with Gasteiger partial charge in [0.05, 0.1) is 31.3 Å². The number of imidazole rings is 1. The molecule has 2 N–H and O–H groups in total. The molecule has 0 spiro atoms. The van der Waals surface area contributed by atoms with E-state index >= 15 is 0 Å². The smallest absolute Gasteiger partial charge is 0.389 e. The Morgan fingerprint density at radius 3 is 2.54 bits per heavy atom. The first-order valence-electron chi connectivity index (χ1n) is 7.15. The molecule has 2 amide bonds. The summed E-state index contributed by atoms with van der Waals surface area (Å²) >= 11 is 0.738. The Morgan fingerprint density at radius 1 is 1.27 bits per heavy atom. The molecule has 1 saturated heterocycles. The summed E-state index contributed by atoms with van der Waals surface area (Å²) in [6.45, 7) is -1.53. The molecule has 0 aliphatic carbocycles. The number of carbonyl (C=O) groups is 1. The van der Waals surface area contributed by atoms with Crippen molar-refractivity contribution in [1.29, 1.82) is 0 Å². The van der Waals surface area contributed by atoms with Gasteiger partial charge in [0.15, 0.2) is 5.69 Å². The largest absolute Gasteiger partial charge is 0.435 e. The Balaban J connectivity index is 1.90. The number of aromatic nitrogens is 3. The van der Waals surface area contributed by atoms with Gasteiger partial charge in [-0.05, 0) is 0 Å². The lowest BCUT2D eigenvalue weighted by Crippen LogP contribution is -2.31. The van der Waals surface area contributed by atoms with E-state index in [4.69, 9.17) is 5.11 Å². The molecule has 3 rings (SSSR count). The number of halogens is 6. The maximum Gasteiger partial charge on any atom is 0.435 e. The SMILES string of the molecule is O=C1NC(CC(F)(F)F)CN1Cc1c(C(F)(F)F)nc2sc(CO)nn12. The molecule has 1 atom stereocenters. The number of fused-ring (bicyclic) bond motifs is 1. The van der Waals surface area contributed by atoms with Crippen molar-refractivity contribution in [2.75, 3.05) is 6.54 Å². The minimum Gasteiger partial charge on any atom is -0.389 e. The third-order valence-electron chi connectivity index (χ3n) is 3.62. The van der Waals surface area contributed by atoms with Gasteiger partial charge in [0.1, 0.15) is 5.01 Å². The Labute approximate surface area is 145 Å². The van der Waals surface area contributed by atoms with E-state index in [-0.39, 0.29) is 9.97 Å². The molecule has 7 nitrogen and oxygen atoms in total. The zero-order valence-electron chi connectivity index (χ0n) is 12.7. The van der Waals surface area contributed by atoms with Crippen LogP contribution in [0.15, 0.2) is 0 Å². The predicted molar refractivity (Wildman–Crippen MR) is 75.2 cm³/mol. The van der Waals surface area contributed by atoms with Crippen LogP contribution in [0.2, 0.25) is 0 Å². The fourth-order valence-corrected chi connectivity index (χ4v) is 3.41. The monoisotopic (exact) mass is 403 g/mol. The van der Waals surface area contributed by atoms with Gasteiger partial charge in [-0.1, -0.05) is 11.3 Å². The Morgan fingerprint density at radius 2 is 1.96 bits per heavy atom. The van der Waals surface area contributed by atoms with E-state index in [9.17, 15) is 31.1 Å². The zero-order valence-corrected chi connectivity index (χ0v) is 13.5. The minimum atomic E-state index is -4.83. The number of carbonyl (C=O) groups excluding carboxylic acids is 1. The normalized spacial score (nSPS) is 18.8. The second-order valence-corrected chi connectivity index (χ2v) is 6.64. The fraction of sp³-hybridized carbons (Fsp3) is 0.583. The van der Waals surface area contributed by atoms with Crippen LogP contribution in [0.5, 0.6) is 0 Å². The summed E-state index contributed by atoms with van der Waals surface area (Å²) in [5.74, 6) is 0. The summed E-state index contributed by atoms with van der Waals surface area (Å²) in [6, 6.07) is -2.15. The summed E-state index contributed by atoms with van der Waals surface area (Å²) < 4.78 is 77.8. The van der Waals surface area contributed by atoms with Crippen LogP contribution in [-0.4, -0.2) is 49.4 Å².